The summed E-state index contributed by atoms with van der Waals surface area (Å²) in [5.74, 6) is 0.142. The molecule has 0 saturated heterocycles. The maximum absolute atomic E-state index is 11.8. The monoisotopic (exact) mass is 281 g/mol. The van der Waals surface area contributed by atoms with Crippen LogP contribution < -0.4 is 0 Å². The summed E-state index contributed by atoms with van der Waals surface area (Å²) in [6.07, 6.45) is 3.84. The largest absolute Gasteiger partial charge is 0.294 e. The third-order valence-corrected chi connectivity index (χ3v) is 3.51. The molecule has 0 amide bonds. The summed E-state index contributed by atoms with van der Waals surface area (Å²) >= 11 is 4.87. The first-order valence-corrected chi connectivity index (χ1v) is 6.09. The molecule has 2 nitrogen and oxygen atoms in total. The van der Waals surface area contributed by atoms with E-state index in [2.05, 4.69) is 20.9 Å². The third-order valence-electron chi connectivity index (χ3n) is 2.00. The number of hydrogen-bond acceptors (Lipinski definition) is 3. The predicted molar refractivity (Wildman–Crippen MR) is 64.3 cm³/mol. The van der Waals surface area contributed by atoms with Gasteiger partial charge >= 0.3 is 0 Å². The van der Waals surface area contributed by atoms with Crippen molar-refractivity contribution < 1.29 is 4.79 Å². The molecule has 15 heavy (non-hydrogen) atoms. The molecule has 0 aromatic carbocycles. The first-order valence-electron chi connectivity index (χ1n) is 4.42. The molecule has 0 unspecified atom stereocenters. The van der Waals surface area contributed by atoms with Crippen LogP contribution in [0.5, 0.6) is 0 Å². The average molecular weight is 282 g/mol. The molecule has 2 aromatic heterocycles. The van der Waals surface area contributed by atoms with E-state index in [1.807, 2.05) is 23.6 Å². The van der Waals surface area contributed by atoms with Crippen LogP contribution in [-0.2, 0) is 6.42 Å². The average Bonchev–Trinajstić information content (AvgIpc) is 2.66. The Hall–Kier alpha value is -1.00. The molecule has 0 radical (unpaired) electrons. The Morgan fingerprint density at radius 3 is 2.73 bits per heavy atom. The number of nitrogens with zero attached hydrogens (tertiary/aromatic N) is 1. The third kappa shape index (κ3) is 2.73. The van der Waals surface area contributed by atoms with Crippen molar-refractivity contribution >= 4 is 33.0 Å². The molecular formula is C11H8BrNOS. The van der Waals surface area contributed by atoms with Gasteiger partial charge in [0.2, 0.25) is 0 Å². The lowest BCUT2D eigenvalue weighted by atomic mass is 10.1. The van der Waals surface area contributed by atoms with Gasteiger partial charge in [-0.3, -0.25) is 9.78 Å². The number of aromatic nitrogens is 1. The summed E-state index contributed by atoms with van der Waals surface area (Å²) in [6, 6.07) is 5.58. The van der Waals surface area contributed by atoms with Crippen molar-refractivity contribution in [3.8, 4) is 0 Å². The van der Waals surface area contributed by atoms with E-state index in [4.69, 9.17) is 0 Å². The number of Topliss-reactive ketones (excluding diaryl/α,β-unsaturated/α-hetero) is 1. The molecule has 0 bridgehead atoms. The van der Waals surface area contributed by atoms with E-state index < -0.39 is 0 Å². The van der Waals surface area contributed by atoms with Crippen LogP contribution in [0.4, 0.5) is 0 Å². The van der Waals surface area contributed by atoms with Crippen molar-refractivity contribution in [3.63, 3.8) is 0 Å². The van der Waals surface area contributed by atoms with Crippen LogP contribution in [-0.4, -0.2) is 10.8 Å². The van der Waals surface area contributed by atoms with E-state index in [0.717, 1.165) is 14.9 Å². The van der Waals surface area contributed by atoms with Gasteiger partial charge in [0.15, 0.2) is 5.78 Å². The van der Waals surface area contributed by atoms with E-state index in [1.165, 1.54) is 11.3 Å². The molecule has 2 aromatic rings. The van der Waals surface area contributed by atoms with Crippen molar-refractivity contribution in [2.45, 2.75) is 6.42 Å². The summed E-state index contributed by atoms with van der Waals surface area (Å²) in [4.78, 5) is 15.7. The molecule has 76 valence electrons. The fourth-order valence-corrected chi connectivity index (χ4v) is 2.41. The number of hydrogen-bond donors (Lipinski definition) is 0. The fraction of sp³-hybridized carbons (Fsp3) is 0.0909. The molecule has 2 rings (SSSR count). The van der Waals surface area contributed by atoms with Crippen molar-refractivity contribution in [2.75, 3.05) is 0 Å². The predicted octanol–water partition coefficient (Wildman–Crippen LogP) is 3.33. The summed E-state index contributed by atoms with van der Waals surface area (Å²) in [6.45, 7) is 0. The molecule has 0 atom stereocenters. The molecule has 0 N–H and O–H groups in total. The van der Waals surface area contributed by atoms with Crippen LogP contribution in [0.2, 0.25) is 0 Å². The van der Waals surface area contributed by atoms with E-state index in [1.54, 1.807) is 12.4 Å². The molecule has 0 fully saturated rings. The number of pyridine rings is 1. The van der Waals surface area contributed by atoms with Gasteiger partial charge in [-0.1, -0.05) is 0 Å². The smallest absolute Gasteiger partial charge is 0.168 e. The second-order valence-corrected chi connectivity index (χ2v) is 5.39. The normalized spacial score (nSPS) is 10.2. The van der Waals surface area contributed by atoms with Gasteiger partial charge in [0.25, 0.3) is 0 Å². The fourth-order valence-electron chi connectivity index (χ4n) is 1.24. The van der Waals surface area contributed by atoms with Crippen LogP contribution in [0.1, 0.15) is 15.9 Å². The molecule has 2 heterocycles. The number of thiophene rings is 1. The molecule has 0 aliphatic heterocycles. The Labute approximate surface area is 100 Å². The highest BCUT2D eigenvalue weighted by Crippen LogP contribution is 2.21. The lowest BCUT2D eigenvalue weighted by Crippen LogP contribution is -2.01. The van der Waals surface area contributed by atoms with Crippen LogP contribution in [0.15, 0.2) is 39.8 Å². The first-order chi connectivity index (χ1) is 7.25. The number of ketones is 1. The topological polar surface area (TPSA) is 30.0 Å². The van der Waals surface area contributed by atoms with E-state index in [-0.39, 0.29) is 5.78 Å². The Balaban J connectivity index is 2.11. The maximum atomic E-state index is 11.8. The number of rotatable bonds is 3. The van der Waals surface area contributed by atoms with E-state index in [9.17, 15) is 4.79 Å². The molecule has 0 spiro atoms. The molecule has 0 aliphatic rings. The summed E-state index contributed by atoms with van der Waals surface area (Å²) < 4.78 is 0.987. The van der Waals surface area contributed by atoms with Crippen LogP contribution in [0.25, 0.3) is 0 Å². The Kier molecular flexibility index (Phi) is 3.28. The second kappa shape index (κ2) is 4.68. The molecule has 0 saturated carbocycles. The number of halogens is 1. The minimum absolute atomic E-state index is 0.142. The zero-order chi connectivity index (χ0) is 10.7. The standard InChI is InChI=1S/C11H8BrNOS/c12-11-6-9(7-15-11)10(14)5-8-1-3-13-4-2-8/h1-4,6-7H,5H2. The van der Waals surface area contributed by atoms with E-state index in [0.29, 0.717) is 6.42 Å². The van der Waals surface area contributed by atoms with E-state index >= 15 is 0 Å². The minimum Gasteiger partial charge on any atom is -0.294 e. The maximum Gasteiger partial charge on any atom is 0.168 e. The van der Waals surface area contributed by atoms with Gasteiger partial charge in [0, 0.05) is 29.8 Å². The van der Waals surface area contributed by atoms with Gasteiger partial charge in [-0.15, -0.1) is 11.3 Å². The Bertz CT molecular complexity index is 466. The van der Waals surface area contributed by atoms with Gasteiger partial charge in [-0.05, 0) is 39.7 Å². The Morgan fingerprint density at radius 1 is 1.40 bits per heavy atom. The summed E-state index contributed by atoms with van der Waals surface area (Å²) in [5, 5.41) is 1.87. The number of carbonyl (C=O) groups excluding carboxylic acids is 1. The molecular weight excluding hydrogens is 274 g/mol. The molecule has 0 aliphatic carbocycles. The van der Waals surface area contributed by atoms with Gasteiger partial charge in [0.05, 0.1) is 3.79 Å². The van der Waals surface area contributed by atoms with Gasteiger partial charge in [-0.2, -0.15) is 0 Å². The van der Waals surface area contributed by atoms with Crippen LogP contribution in [0.3, 0.4) is 0 Å². The number of carbonyl (C=O) groups is 1. The highest BCUT2D eigenvalue weighted by atomic mass is 79.9. The van der Waals surface area contributed by atoms with Gasteiger partial charge in [-0.25, -0.2) is 0 Å². The van der Waals surface area contributed by atoms with Gasteiger partial charge in [0.1, 0.15) is 0 Å². The Morgan fingerprint density at radius 2 is 2.13 bits per heavy atom. The highest BCUT2D eigenvalue weighted by molar-refractivity contribution is 9.11. The lowest BCUT2D eigenvalue weighted by Gasteiger charge is -1.97. The minimum atomic E-state index is 0.142. The van der Waals surface area contributed by atoms with Crippen molar-refractivity contribution in [1.82, 2.24) is 4.98 Å². The summed E-state index contributed by atoms with van der Waals surface area (Å²) in [7, 11) is 0. The zero-order valence-electron chi connectivity index (χ0n) is 7.81. The van der Waals surface area contributed by atoms with Crippen molar-refractivity contribution in [3.05, 3.63) is 50.9 Å². The summed E-state index contributed by atoms with van der Waals surface area (Å²) in [5.41, 5.74) is 1.76. The second-order valence-electron chi connectivity index (χ2n) is 3.09. The van der Waals surface area contributed by atoms with Gasteiger partial charge < -0.3 is 0 Å². The van der Waals surface area contributed by atoms with Crippen LogP contribution >= 0.6 is 27.3 Å². The quantitative estimate of drug-likeness (QED) is 0.808. The molecule has 4 heteroatoms. The zero-order valence-corrected chi connectivity index (χ0v) is 10.2. The lowest BCUT2D eigenvalue weighted by molar-refractivity contribution is 0.0993. The van der Waals surface area contributed by atoms with Crippen molar-refractivity contribution in [2.24, 2.45) is 0 Å². The highest BCUT2D eigenvalue weighted by Gasteiger charge is 2.08. The van der Waals surface area contributed by atoms with Crippen LogP contribution in [0, 0.1) is 0 Å². The first kappa shape index (κ1) is 10.5. The SMILES string of the molecule is O=C(Cc1ccncc1)c1csc(Br)c1. The van der Waals surface area contributed by atoms with Crippen molar-refractivity contribution in [1.29, 1.82) is 0 Å².